The average molecular weight is 365 g/mol. The van der Waals surface area contributed by atoms with Gasteiger partial charge in [-0.05, 0) is 12.5 Å². The van der Waals surface area contributed by atoms with Gasteiger partial charge in [0.2, 0.25) is 5.91 Å². The molecule has 5 nitrogen and oxygen atoms in total. The molecule has 0 saturated carbocycles. The maximum absolute atomic E-state index is 13.1. The number of aryl methyl sites for hydroxylation is 1. The van der Waals surface area contributed by atoms with Crippen molar-refractivity contribution in [3.05, 3.63) is 71.3 Å². The Labute approximate surface area is 158 Å². The lowest BCUT2D eigenvalue weighted by Gasteiger charge is -2.16. The van der Waals surface area contributed by atoms with Gasteiger partial charge in [-0.2, -0.15) is 0 Å². The van der Waals surface area contributed by atoms with E-state index in [1.807, 2.05) is 49.4 Å². The summed E-state index contributed by atoms with van der Waals surface area (Å²) < 4.78 is 4.74. The lowest BCUT2D eigenvalue weighted by Crippen LogP contribution is -2.28. The third-order valence-corrected chi connectivity index (χ3v) is 5.04. The predicted molar refractivity (Wildman–Crippen MR) is 101 cm³/mol. The summed E-state index contributed by atoms with van der Waals surface area (Å²) in [6.07, 6.45) is -0.0805. The van der Waals surface area contributed by atoms with Crippen LogP contribution in [0.2, 0.25) is 0 Å². The number of Topliss-reactive ketones (excluding diaryl/α,β-unsaturated/α-hetero) is 1. The monoisotopic (exact) mass is 365 g/mol. The molecule has 0 radical (unpaired) electrons. The van der Waals surface area contributed by atoms with Crippen molar-refractivity contribution in [1.82, 2.24) is 4.90 Å². The van der Waals surface area contributed by atoms with Crippen molar-refractivity contribution in [2.24, 2.45) is 11.8 Å². The number of carbonyl (C=O) groups excluding carboxylic acids is 3. The molecular weight excluding hydrogens is 342 g/mol. The van der Waals surface area contributed by atoms with E-state index in [1.54, 1.807) is 17.0 Å². The van der Waals surface area contributed by atoms with Crippen molar-refractivity contribution in [2.75, 3.05) is 13.7 Å². The number of nitrogens with zero attached hydrogens (tertiary/aromatic N) is 1. The summed E-state index contributed by atoms with van der Waals surface area (Å²) >= 11 is 0. The minimum absolute atomic E-state index is 0.0805. The molecule has 1 aliphatic heterocycles. The largest absolute Gasteiger partial charge is 0.469 e. The molecule has 0 bridgehead atoms. The van der Waals surface area contributed by atoms with Crippen LogP contribution in [0.5, 0.6) is 0 Å². The van der Waals surface area contributed by atoms with Crippen LogP contribution in [-0.2, 0) is 20.9 Å². The van der Waals surface area contributed by atoms with E-state index in [2.05, 4.69) is 0 Å². The molecule has 1 amide bonds. The Bertz CT molecular complexity index is 829. The van der Waals surface area contributed by atoms with Crippen LogP contribution in [-0.4, -0.2) is 36.2 Å². The van der Waals surface area contributed by atoms with Crippen LogP contribution in [0.25, 0.3) is 0 Å². The second-order valence-electron chi connectivity index (χ2n) is 6.93. The molecule has 0 N–H and O–H groups in total. The molecular formula is C22H23NO4. The minimum Gasteiger partial charge on any atom is -0.469 e. The van der Waals surface area contributed by atoms with Gasteiger partial charge in [-0.3, -0.25) is 14.4 Å². The second kappa shape index (κ2) is 8.16. The number of methoxy groups -OCH3 is 1. The Balaban J connectivity index is 1.84. The van der Waals surface area contributed by atoms with Crippen molar-refractivity contribution >= 4 is 17.7 Å². The smallest absolute Gasteiger partial charge is 0.306 e. The Morgan fingerprint density at radius 3 is 2.37 bits per heavy atom. The molecule has 1 fully saturated rings. The summed E-state index contributed by atoms with van der Waals surface area (Å²) in [5, 5.41) is 0. The Morgan fingerprint density at radius 1 is 1.07 bits per heavy atom. The SMILES string of the molecule is COC(=O)C[C@@H]1C(=O)N(Cc2ccccc2)C[C@H]1C(=O)c1ccc(C)cc1. The van der Waals surface area contributed by atoms with Gasteiger partial charge in [0.25, 0.3) is 0 Å². The van der Waals surface area contributed by atoms with Crippen LogP contribution in [0.3, 0.4) is 0 Å². The number of benzene rings is 2. The van der Waals surface area contributed by atoms with Crippen molar-refractivity contribution in [3.63, 3.8) is 0 Å². The maximum atomic E-state index is 13.1. The van der Waals surface area contributed by atoms with E-state index < -0.39 is 17.8 Å². The Hall–Kier alpha value is -2.95. The third kappa shape index (κ3) is 4.25. The molecule has 2 aromatic rings. The first-order valence-electron chi connectivity index (χ1n) is 9.00. The summed E-state index contributed by atoms with van der Waals surface area (Å²) in [6, 6.07) is 16.9. The molecule has 0 aliphatic carbocycles. The number of esters is 1. The molecule has 1 saturated heterocycles. The highest BCUT2D eigenvalue weighted by molar-refractivity contribution is 6.03. The highest BCUT2D eigenvalue weighted by Crippen LogP contribution is 2.32. The van der Waals surface area contributed by atoms with Crippen LogP contribution >= 0.6 is 0 Å². The number of likely N-dealkylation sites (tertiary alicyclic amines) is 1. The molecule has 0 aromatic heterocycles. The molecule has 0 spiro atoms. The van der Waals surface area contributed by atoms with Crippen molar-refractivity contribution in [1.29, 1.82) is 0 Å². The summed E-state index contributed by atoms with van der Waals surface area (Å²) in [5.74, 6) is -1.99. The van der Waals surface area contributed by atoms with E-state index in [0.717, 1.165) is 11.1 Å². The topological polar surface area (TPSA) is 63.7 Å². The molecule has 5 heteroatoms. The van der Waals surface area contributed by atoms with Crippen molar-refractivity contribution in [2.45, 2.75) is 19.9 Å². The second-order valence-corrected chi connectivity index (χ2v) is 6.93. The lowest BCUT2D eigenvalue weighted by atomic mass is 9.86. The van der Waals surface area contributed by atoms with E-state index in [1.165, 1.54) is 7.11 Å². The first-order chi connectivity index (χ1) is 13.0. The van der Waals surface area contributed by atoms with Crippen molar-refractivity contribution in [3.8, 4) is 0 Å². The molecule has 1 aliphatic rings. The fraction of sp³-hybridized carbons (Fsp3) is 0.318. The van der Waals surface area contributed by atoms with Crippen LogP contribution < -0.4 is 0 Å². The standard InChI is InChI=1S/C22H23NO4/c1-15-8-10-17(11-9-15)21(25)19-14-23(13-16-6-4-3-5-7-16)22(26)18(19)12-20(24)27-2/h3-11,18-19H,12-14H2,1-2H3/t18-,19+/m0/s1. The van der Waals surface area contributed by atoms with Crippen LogP contribution in [0.4, 0.5) is 0 Å². The molecule has 1 heterocycles. The lowest BCUT2D eigenvalue weighted by molar-refractivity contribution is -0.145. The van der Waals surface area contributed by atoms with Gasteiger partial charge in [-0.1, -0.05) is 60.2 Å². The summed E-state index contributed by atoms with van der Waals surface area (Å²) in [5.41, 5.74) is 2.62. The first-order valence-corrected chi connectivity index (χ1v) is 9.00. The van der Waals surface area contributed by atoms with Crippen molar-refractivity contribution < 1.29 is 19.1 Å². The fourth-order valence-corrected chi connectivity index (χ4v) is 3.50. The zero-order chi connectivity index (χ0) is 19.4. The number of ether oxygens (including phenoxy) is 1. The van der Waals surface area contributed by atoms with Crippen LogP contribution in [0, 0.1) is 18.8 Å². The normalized spacial score (nSPS) is 19.2. The van der Waals surface area contributed by atoms with Gasteiger partial charge in [0.05, 0.1) is 25.4 Å². The molecule has 140 valence electrons. The Morgan fingerprint density at radius 2 is 1.74 bits per heavy atom. The number of ketones is 1. The maximum Gasteiger partial charge on any atom is 0.306 e. The fourth-order valence-electron chi connectivity index (χ4n) is 3.50. The van der Waals surface area contributed by atoms with Gasteiger partial charge in [0.1, 0.15) is 0 Å². The number of rotatable bonds is 6. The van der Waals surface area contributed by atoms with Gasteiger partial charge in [0, 0.05) is 18.7 Å². The highest BCUT2D eigenvalue weighted by atomic mass is 16.5. The first kappa shape index (κ1) is 18.8. The zero-order valence-electron chi connectivity index (χ0n) is 15.6. The van der Waals surface area contributed by atoms with E-state index in [9.17, 15) is 14.4 Å². The van der Waals surface area contributed by atoms with Gasteiger partial charge < -0.3 is 9.64 Å². The van der Waals surface area contributed by atoms with Crippen LogP contribution in [0.15, 0.2) is 54.6 Å². The van der Waals surface area contributed by atoms with E-state index in [0.29, 0.717) is 18.7 Å². The number of carbonyl (C=O) groups is 3. The van der Waals surface area contributed by atoms with Crippen LogP contribution in [0.1, 0.15) is 27.9 Å². The summed E-state index contributed by atoms with van der Waals surface area (Å²) in [6.45, 7) is 2.69. The average Bonchev–Trinajstić information content (AvgIpc) is 2.98. The Kier molecular flexibility index (Phi) is 5.69. The minimum atomic E-state index is -0.685. The zero-order valence-corrected chi connectivity index (χ0v) is 15.6. The van der Waals surface area contributed by atoms with E-state index >= 15 is 0 Å². The van der Waals surface area contributed by atoms with E-state index in [4.69, 9.17) is 4.74 Å². The summed E-state index contributed by atoms with van der Waals surface area (Å²) in [4.78, 5) is 39.5. The summed E-state index contributed by atoms with van der Waals surface area (Å²) in [7, 11) is 1.29. The predicted octanol–water partition coefficient (Wildman–Crippen LogP) is 3.02. The van der Waals surface area contributed by atoms with Gasteiger partial charge >= 0.3 is 5.97 Å². The van der Waals surface area contributed by atoms with Gasteiger partial charge in [-0.25, -0.2) is 0 Å². The number of hydrogen-bond acceptors (Lipinski definition) is 4. The molecule has 3 rings (SSSR count). The molecule has 27 heavy (non-hydrogen) atoms. The molecule has 2 atom stereocenters. The molecule has 2 aromatic carbocycles. The van der Waals surface area contributed by atoms with Gasteiger partial charge in [0.15, 0.2) is 5.78 Å². The third-order valence-electron chi connectivity index (χ3n) is 5.04. The van der Waals surface area contributed by atoms with E-state index in [-0.39, 0.29) is 18.1 Å². The number of amides is 1. The molecule has 0 unspecified atom stereocenters. The number of hydrogen-bond donors (Lipinski definition) is 0. The quantitative estimate of drug-likeness (QED) is 0.583. The highest BCUT2D eigenvalue weighted by Gasteiger charge is 2.45. The van der Waals surface area contributed by atoms with Gasteiger partial charge in [-0.15, -0.1) is 0 Å².